The Kier molecular flexibility index (Phi) is 6.63. The minimum absolute atomic E-state index is 0.874. The van der Waals surface area contributed by atoms with E-state index < -0.39 is 0 Å². The van der Waals surface area contributed by atoms with Crippen molar-refractivity contribution in [3.8, 4) is 22.3 Å². The topological polar surface area (TPSA) is 16.4 Å². The van der Waals surface area contributed by atoms with Crippen molar-refractivity contribution in [3.63, 3.8) is 0 Å². The zero-order chi connectivity index (χ0) is 34.2. The van der Waals surface area contributed by atoms with Gasteiger partial charge in [0.05, 0.1) is 17.1 Å². The number of nitrogens with zero attached hydrogens (tertiary/aromatic N) is 1. The molecule has 0 bridgehead atoms. The van der Waals surface area contributed by atoms with E-state index in [1.807, 2.05) is 22.7 Å². The number of anilines is 3. The Morgan fingerprint density at radius 1 is 0.346 bits per heavy atom. The predicted molar refractivity (Wildman–Crippen MR) is 225 cm³/mol. The third-order valence-corrected chi connectivity index (χ3v) is 12.6. The Hall–Kier alpha value is -6.20. The molecule has 0 atom stereocenters. The molecule has 0 saturated carbocycles. The Morgan fingerprint density at radius 2 is 0.846 bits per heavy atom. The van der Waals surface area contributed by atoms with E-state index in [2.05, 4.69) is 181 Å². The standard InChI is InChI=1S/C48H29NOS2/c1-3-14-30(15-4-1)32-19-9-21-34-35-22-11-26-40(47(35)50-46(32)34)49(38-24-12-28-42-44(38)36-18-7-8-27-41(36)51-42)39-25-13-29-43-45(39)37-23-10-20-33(48(37)52-43)31-16-5-2-6-17-31/h1-29H. The molecule has 0 N–H and O–H groups in total. The quantitative estimate of drug-likeness (QED) is 0.178. The van der Waals surface area contributed by atoms with Gasteiger partial charge in [-0.05, 0) is 53.1 Å². The molecule has 0 aliphatic carbocycles. The highest BCUT2D eigenvalue weighted by atomic mass is 32.1. The third-order valence-electron chi connectivity index (χ3n) is 10.3. The first kappa shape index (κ1) is 29.5. The van der Waals surface area contributed by atoms with E-state index in [1.165, 1.54) is 51.5 Å². The molecule has 0 aliphatic heterocycles. The van der Waals surface area contributed by atoms with Crippen LogP contribution in [0.3, 0.4) is 0 Å². The van der Waals surface area contributed by atoms with Crippen LogP contribution in [0.5, 0.6) is 0 Å². The number of para-hydroxylation sites is 2. The van der Waals surface area contributed by atoms with Gasteiger partial charge in [-0.25, -0.2) is 0 Å². The molecule has 0 aliphatic rings. The molecule has 11 rings (SSSR count). The van der Waals surface area contributed by atoms with Crippen LogP contribution in [0.2, 0.25) is 0 Å². The molecule has 8 aromatic carbocycles. The molecule has 2 nitrogen and oxygen atoms in total. The number of benzene rings is 8. The van der Waals surface area contributed by atoms with E-state index >= 15 is 0 Å². The van der Waals surface area contributed by atoms with Crippen LogP contribution < -0.4 is 4.90 Å². The average molecular weight is 700 g/mol. The summed E-state index contributed by atoms with van der Waals surface area (Å²) in [6.45, 7) is 0. The second-order valence-electron chi connectivity index (χ2n) is 13.2. The van der Waals surface area contributed by atoms with Gasteiger partial charge in [-0.1, -0.05) is 140 Å². The molecule has 52 heavy (non-hydrogen) atoms. The Bertz CT molecular complexity index is 3130. The second-order valence-corrected chi connectivity index (χ2v) is 15.3. The van der Waals surface area contributed by atoms with Gasteiger partial charge in [0.15, 0.2) is 5.58 Å². The largest absolute Gasteiger partial charge is 0.453 e. The predicted octanol–water partition coefficient (Wildman–Crippen LogP) is 15.1. The molecule has 3 heterocycles. The van der Waals surface area contributed by atoms with E-state index in [0.29, 0.717) is 0 Å². The number of hydrogen-bond acceptors (Lipinski definition) is 4. The molecule has 244 valence electrons. The SMILES string of the molecule is c1ccc(-c2cccc3c2oc2c(N(c4cccc5sc6ccccc6c45)c4cccc5sc6c(-c7ccccc7)cccc6c45)cccc23)cc1. The van der Waals surface area contributed by atoms with Crippen molar-refractivity contribution in [1.29, 1.82) is 0 Å². The number of thiophene rings is 2. The van der Waals surface area contributed by atoms with Gasteiger partial charge in [0.25, 0.3) is 0 Å². The Morgan fingerprint density at radius 3 is 1.60 bits per heavy atom. The van der Waals surface area contributed by atoms with Crippen LogP contribution in [0.15, 0.2) is 180 Å². The highest BCUT2D eigenvalue weighted by Gasteiger charge is 2.26. The molecule has 3 aromatic heterocycles. The summed E-state index contributed by atoms with van der Waals surface area (Å²) in [5.41, 5.74) is 9.79. The Labute approximate surface area is 308 Å². The normalized spacial score (nSPS) is 11.8. The van der Waals surface area contributed by atoms with Crippen LogP contribution in [0.25, 0.3) is 84.5 Å². The van der Waals surface area contributed by atoms with Gasteiger partial charge in [0, 0.05) is 56.7 Å². The number of fused-ring (bicyclic) bond motifs is 9. The van der Waals surface area contributed by atoms with E-state index in [0.717, 1.165) is 50.1 Å². The van der Waals surface area contributed by atoms with E-state index in [4.69, 9.17) is 4.42 Å². The second kappa shape index (κ2) is 11.7. The summed E-state index contributed by atoms with van der Waals surface area (Å²) in [5, 5.41) is 7.24. The lowest BCUT2D eigenvalue weighted by molar-refractivity contribution is 0.670. The summed E-state index contributed by atoms with van der Waals surface area (Å²) in [4.78, 5) is 2.47. The highest BCUT2D eigenvalue weighted by Crippen LogP contribution is 2.52. The highest BCUT2D eigenvalue weighted by molar-refractivity contribution is 7.26. The average Bonchev–Trinajstić information content (AvgIpc) is 3.91. The minimum atomic E-state index is 0.874. The van der Waals surface area contributed by atoms with Crippen LogP contribution in [0.4, 0.5) is 17.1 Å². The first-order valence-corrected chi connectivity index (χ1v) is 19.1. The van der Waals surface area contributed by atoms with Gasteiger partial charge in [0.2, 0.25) is 0 Å². The lowest BCUT2D eigenvalue weighted by atomic mass is 10.0. The lowest BCUT2D eigenvalue weighted by Gasteiger charge is -2.27. The summed E-state index contributed by atoms with van der Waals surface area (Å²) in [6.07, 6.45) is 0. The van der Waals surface area contributed by atoms with Gasteiger partial charge < -0.3 is 9.32 Å². The van der Waals surface area contributed by atoms with Gasteiger partial charge in [-0.3, -0.25) is 0 Å². The first-order chi connectivity index (χ1) is 25.8. The number of rotatable bonds is 5. The van der Waals surface area contributed by atoms with Gasteiger partial charge in [-0.2, -0.15) is 0 Å². The Balaban J connectivity index is 1.26. The van der Waals surface area contributed by atoms with Crippen LogP contribution >= 0.6 is 22.7 Å². The van der Waals surface area contributed by atoms with Crippen LogP contribution in [-0.2, 0) is 0 Å². The molecular weight excluding hydrogens is 671 g/mol. The molecule has 0 unspecified atom stereocenters. The molecule has 0 saturated heterocycles. The molecule has 0 spiro atoms. The van der Waals surface area contributed by atoms with E-state index in [1.54, 1.807) is 0 Å². The summed E-state index contributed by atoms with van der Waals surface area (Å²) in [6, 6.07) is 63.4. The fourth-order valence-corrected chi connectivity index (χ4v) is 10.4. The maximum atomic E-state index is 7.10. The molecular formula is C48H29NOS2. The maximum Gasteiger partial charge on any atom is 0.159 e. The fraction of sp³-hybridized carbons (Fsp3) is 0. The lowest BCUT2D eigenvalue weighted by Crippen LogP contribution is -2.11. The number of hydrogen-bond donors (Lipinski definition) is 0. The van der Waals surface area contributed by atoms with Crippen molar-refractivity contribution in [2.75, 3.05) is 4.90 Å². The number of furan rings is 1. The third kappa shape index (κ3) is 4.42. The van der Waals surface area contributed by atoms with Crippen molar-refractivity contribution in [2.24, 2.45) is 0 Å². The van der Waals surface area contributed by atoms with Gasteiger partial charge in [-0.15, -0.1) is 22.7 Å². The van der Waals surface area contributed by atoms with Crippen molar-refractivity contribution in [2.45, 2.75) is 0 Å². The van der Waals surface area contributed by atoms with Gasteiger partial charge in [0.1, 0.15) is 5.58 Å². The molecule has 0 amide bonds. The zero-order valence-corrected chi connectivity index (χ0v) is 29.5. The molecule has 0 radical (unpaired) electrons. The summed E-state index contributed by atoms with van der Waals surface area (Å²) in [7, 11) is 0. The van der Waals surface area contributed by atoms with E-state index in [-0.39, 0.29) is 0 Å². The van der Waals surface area contributed by atoms with Crippen molar-refractivity contribution < 1.29 is 4.42 Å². The van der Waals surface area contributed by atoms with Crippen LogP contribution in [0, 0.1) is 0 Å². The summed E-state index contributed by atoms with van der Waals surface area (Å²) < 4.78 is 12.2. The van der Waals surface area contributed by atoms with Crippen molar-refractivity contribution in [1.82, 2.24) is 0 Å². The van der Waals surface area contributed by atoms with Crippen LogP contribution in [-0.4, -0.2) is 0 Å². The maximum absolute atomic E-state index is 7.10. The summed E-state index contributed by atoms with van der Waals surface area (Å²) in [5.74, 6) is 0. The van der Waals surface area contributed by atoms with Crippen molar-refractivity contribution in [3.05, 3.63) is 176 Å². The first-order valence-electron chi connectivity index (χ1n) is 17.5. The smallest absolute Gasteiger partial charge is 0.159 e. The molecule has 11 aromatic rings. The van der Waals surface area contributed by atoms with E-state index in [9.17, 15) is 0 Å². The fourth-order valence-electron chi connectivity index (χ4n) is 8.02. The molecule has 0 fully saturated rings. The summed E-state index contributed by atoms with van der Waals surface area (Å²) >= 11 is 3.72. The zero-order valence-electron chi connectivity index (χ0n) is 27.9. The molecule has 4 heteroatoms. The minimum Gasteiger partial charge on any atom is -0.453 e. The van der Waals surface area contributed by atoms with Crippen molar-refractivity contribution >= 4 is 102 Å². The van der Waals surface area contributed by atoms with Gasteiger partial charge >= 0.3 is 0 Å². The monoisotopic (exact) mass is 699 g/mol. The van der Waals surface area contributed by atoms with Crippen LogP contribution in [0.1, 0.15) is 0 Å².